The van der Waals surface area contributed by atoms with Crippen LogP contribution in [0, 0.1) is 0 Å². The highest BCUT2D eigenvalue weighted by atomic mass is 32.2. The van der Waals surface area contributed by atoms with Crippen molar-refractivity contribution in [3.8, 4) is 23.0 Å². The molecule has 0 saturated carbocycles. The minimum Gasteiger partial charge on any atom is -0.493 e. The van der Waals surface area contributed by atoms with Gasteiger partial charge < -0.3 is 34.3 Å². The Morgan fingerprint density at radius 2 is 1.20 bits per heavy atom. The summed E-state index contributed by atoms with van der Waals surface area (Å²) in [6, 6.07) is 16.1. The lowest BCUT2D eigenvalue weighted by molar-refractivity contribution is 0.0730. The molecule has 0 aromatic heterocycles. The van der Waals surface area contributed by atoms with Crippen LogP contribution in [0.25, 0.3) is 12.2 Å². The van der Waals surface area contributed by atoms with Crippen molar-refractivity contribution in [1.29, 1.82) is 0 Å². The summed E-state index contributed by atoms with van der Waals surface area (Å²) in [6.45, 7) is 1.38. The number of rotatable bonds is 12. The zero-order chi connectivity index (χ0) is 29.2. The molecule has 11 heteroatoms. The number of nitrogens with zero attached hydrogens (tertiary/aromatic N) is 1. The lowest BCUT2D eigenvalue weighted by Crippen LogP contribution is -2.40. The van der Waals surface area contributed by atoms with E-state index in [9.17, 15) is 8.42 Å². The topological polar surface area (TPSA) is 108 Å². The second kappa shape index (κ2) is 13.9. The van der Waals surface area contributed by atoms with Crippen molar-refractivity contribution in [3.05, 3.63) is 78.1 Å². The second-order valence-electron chi connectivity index (χ2n) is 8.91. The fraction of sp³-hybridized carbons (Fsp3) is 0.267. The molecule has 3 aromatic rings. The number of benzene rings is 3. The third-order valence-electron chi connectivity index (χ3n) is 6.44. The maximum atomic E-state index is 13.3. The summed E-state index contributed by atoms with van der Waals surface area (Å²) >= 11 is 0. The number of morpholine rings is 1. The van der Waals surface area contributed by atoms with Crippen LogP contribution in [0.15, 0.2) is 71.9 Å². The van der Waals surface area contributed by atoms with Crippen LogP contribution in [-0.4, -0.2) is 67.5 Å². The maximum Gasteiger partial charge on any atom is 0.243 e. The van der Waals surface area contributed by atoms with Crippen molar-refractivity contribution in [1.82, 2.24) is 4.31 Å². The molecule has 1 aliphatic heterocycles. The Morgan fingerprint density at radius 1 is 0.683 bits per heavy atom. The molecule has 41 heavy (non-hydrogen) atoms. The maximum absolute atomic E-state index is 13.3. The van der Waals surface area contributed by atoms with Gasteiger partial charge in [-0.15, -0.1) is 0 Å². The van der Waals surface area contributed by atoms with Crippen LogP contribution in [0.4, 0.5) is 11.4 Å². The first-order valence-electron chi connectivity index (χ1n) is 12.9. The largest absolute Gasteiger partial charge is 0.493 e. The molecule has 0 aliphatic carbocycles. The van der Waals surface area contributed by atoms with E-state index in [4.69, 9.17) is 23.7 Å². The molecule has 1 fully saturated rings. The van der Waals surface area contributed by atoms with Crippen molar-refractivity contribution < 1.29 is 32.1 Å². The fourth-order valence-electron chi connectivity index (χ4n) is 4.23. The van der Waals surface area contributed by atoms with Gasteiger partial charge in [0.2, 0.25) is 10.0 Å². The molecule has 0 amide bonds. The highest BCUT2D eigenvalue weighted by Crippen LogP contribution is 2.31. The van der Waals surface area contributed by atoms with Gasteiger partial charge in [-0.2, -0.15) is 4.31 Å². The number of methoxy groups -OCH3 is 4. The minimum atomic E-state index is -3.69. The monoisotopic (exact) mass is 581 g/mol. The number of ether oxygens (including phenoxy) is 5. The van der Waals surface area contributed by atoms with Crippen molar-refractivity contribution in [2.75, 3.05) is 65.4 Å². The van der Waals surface area contributed by atoms with Gasteiger partial charge in [0.05, 0.1) is 57.9 Å². The third-order valence-corrected chi connectivity index (χ3v) is 8.34. The van der Waals surface area contributed by atoms with Crippen LogP contribution in [0.1, 0.15) is 11.1 Å². The molecule has 4 rings (SSSR count). The van der Waals surface area contributed by atoms with Gasteiger partial charge in [0.25, 0.3) is 0 Å². The van der Waals surface area contributed by atoms with E-state index in [0.717, 1.165) is 11.1 Å². The summed E-state index contributed by atoms with van der Waals surface area (Å²) < 4.78 is 54.8. The van der Waals surface area contributed by atoms with Crippen molar-refractivity contribution in [2.24, 2.45) is 0 Å². The normalized spacial score (nSPS) is 14.2. The van der Waals surface area contributed by atoms with E-state index < -0.39 is 10.0 Å². The first kappa shape index (κ1) is 29.8. The molecule has 0 unspecified atom stereocenters. The van der Waals surface area contributed by atoms with Crippen LogP contribution in [0.2, 0.25) is 0 Å². The highest BCUT2D eigenvalue weighted by molar-refractivity contribution is 7.89. The van der Waals surface area contributed by atoms with Crippen molar-refractivity contribution in [2.45, 2.75) is 4.90 Å². The average Bonchev–Trinajstić information content (AvgIpc) is 3.01. The summed E-state index contributed by atoms with van der Waals surface area (Å²) in [4.78, 5) is 0.191. The lowest BCUT2D eigenvalue weighted by atomic mass is 10.2. The molecule has 218 valence electrons. The third kappa shape index (κ3) is 7.31. The quantitative estimate of drug-likeness (QED) is 0.309. The average molecular weight is 582 g/mol. The first-order valence-corrected chi connectivity index (χ1v) is 14.4. The van der Waals surface area contributed by atoms with Crippen molar-refractivity contribution >= 4 is 33.6 Å². The zero-order valence-electron chi connectivity index (χ0n) is 23.5. The standard InChI is InChI=1S/C30H35N3O7S/c1-36-27-9-5-22(19-29(27)38-3)11-13-31-25-8-7-24(41(34,35)33-15-17-40-18-16-33)21-26(25)32-14-12-23-6-10-28(37-2)30(20-23)39-4/h5-14,19-21,31-32H,15-18H2,1-4H3. The fourth-order valence-corrected chi connectivity index (χ4v) is 5.67. The Balaban J connectivity index is 1.60. The molecule has 1 saturated heterocycles. The van der Waals surface area contributed by atoms with Crippen LogP contribution in [0.5, 0.6) is 23.0 Å². The summed E-state index contributed by atoms with van der Waals surface area (Å²) in [5.74, 6) is 2.50. The Bertz CT molecular complexity index is 1500. The van der Waals surface area contributed by atoms with E-state index in [0.29, 0.717) is 60.7 Å². The van der Waals surface area contributed by atoms with Crippen molar-refractivity contribution in [3.63, 3.8) is 0 Å². The Morgan fingerprint density at radius 3 is 1.71 bits per heavy atom. The zero-order valence-corrected chi connectivity index (χ0v) is 24.4. The number of sulfonamides is 1. The van der Waals surface area contributed by atoms with Crippen LogP contribution >= 0.6 is 0 Å². The smallest absolute Gasteiger partial charge is 0.243 e. The van der Waals surface area contributed by atoms with Crippen LogP contribution in [-0.2, 0) is 14.8 Å². The van der Waals surface area contributed by atoms with E-state index >= 15 is 0 Å². The summed E-state index contributed by atoms with van der Waals surface area (Å²) in [5.41, 5.74) is 3.02. The summed E-state index contributed by atoms with van der Waals surface area (Å²) in [5, 5.41) is 6.49. The molecular weight excluding hydrogens is 546 g/mol. The Kier molecular flexibility index (Phi) is 10.1. The molecular formula is C30H35N3O7S. The lowest BCUT2D eigenvalue weighted by Gasteiger charge is -2.26. The van der Waals surface area contributed by atoms with E-state index in [-0.39, 0.29) is 4.90 Å². The van der Waals surface area contributed by atoms with Gasteiger partial charge in [-0.05, 0) is 65.7 Å². The van der Waals surface area contributed by atoms with Crippen LogP contribution in [0.3, 0.4) is 0 Å². The van der Waals surface area contributed by atoms with E-state index in [2.05, 4.69) is 10.6 Å². The SMILES string of the molecule is COc1ccc(C=CNc2ccc(S(=O)(=O)N3CCOCC3)cc2NC=Cc2ccc(OC)c(OC)c2)cc1OC. The van der Waals surface area contributed by atoms with E-state index in [1.54, 1.807) is 59.0 Å². The predicted octanol–water partition coefficient (Wildman–Crippen LogP) is 4.91. The van der Waals surface area contributed by atoms with E-state index in [1.807, 2.05) is 48.6 Å². The van der Waals surface area contributed by atoms with Gasteiger partial charge in [0.1, 0.15) is 0 Å². The number of anilines is 2. The number of nitrogens with one attached hydrogen (secondary N) is 2. The molecule has 2 N–H and O–H groups in total. The Hall–Kier alpha value is -4.19. The number of hydrogen-bond acceptors (Lipinski definition) is 9. The molecule has 3 aromatic carbocycles. The molecule has 1 heterocycles. The summed E-state index contributed by atoms with van der Waals surface area (Å²) in [7, 11) is 2.66. The van der Waals surface area contributed by atoms with Gasteiger partial charge in [-0.25, -0.2) is 8.42 Å². The molecule has 10 nitrogen and oxygen atoms in total. The van der Waals surface area contributed by atoms with Gasteiger partial charge in [0, 0.05) is 25.5 Å². The van der Waals surface area contributed by atoms with E-state index in [1.165, 1.54) is 4.31 Å². The predicted molar refractivity (Wildman–Crippen MR) is 160 cm³/mol. The van der Waals surface area contributed by atoms with Gasteiger partial charge in [-0.1, -0.05) is 12.1 Å². The first-order chi connectivity index (χ1) is 19.9. The highest BCUT2D eigenvalue weighted by Gasteiger charge is 2.27. The minimum absolute atomic E-state index is 0.191. The molecule has 0 bridgehead atoms. The molecule has 1 aliphatic rings. The summed E-state index contributed by atoms with van der Waals surface area (Å²) in [6.07, 6.45) is 7.25. The molecule has 0 radical (unpaired) electrons. The van der Waals surface area contributed by atoms with Crippen LogP contribution < -0.4 is 29.6 Å². The number of hydrogen-bond donors (Lipinski definition) is 2. The van der Waals surface area contributed by atoms with Gasteiger partial charge in [0.15, 0.2) is 23.0 Å². The molecule has 0 atom stereocenters. The van der Waals surface area contributed by atoms with Gasteiger partial charge >= 0.3 is 0 Å². The van der Waals surface area contributed by atoms with Gasteiger partial charge in [-0.3, -0.25) is 0 Å². The Labute approximate surface area is 241 Å². The molecule has 0 spiro atoms. The second-order valence-corrected chi connectivity index (χ2v) is 10.8.